The Morgan fingerprint density at radius 2 is 1.72 bits per heavy atom. The highest BCUT2D eigenvalue weighted by Gasteiger charge is 2.63. The van der Waals surface area contributed by atoms with Gasteiger partial charge in [0.1, 0.15) is 11.4 Å². The molecule has 4 fully saturated rings. The van der Waals surface area contributed by atoms with Gasteiger partial charge in [-0.2, -0.15) is 0 Å². The van der Waals surface area contributed by atoms with E-state index in [1.54, 1.807) is 26.0 Å². The second kappa shape index (κ2) is 10.5. The number of hydrogen-bond donors (Lipinski definition) is 2. The lowest BCUT2D eigenvalue weighted by molar-refractivity contribution is -0.146. The highest BCUT2D eigenvalue weighted by atomic mass is 31.1. The van der Waals surface area contributed by atoms with Crippen LogP contribution in [0.2, 0.25) is 0 Å². The number of carbonyl (C=O) groups is 1. The molecule has 4 aliphatic carbocycles. The van der Waals surface area contributed by atoms with Gasteiger partial charge in [0.05, 0.1) is 5.69 Å². The van der Waals surface area contributed by atoms with E-state index in [4.69, 9.17) is 9.51 Å². The van der Waals surface area contributed by atoms with Gasteiger partial charge in [-0.1, -0.05) is 43.9 Å². The number of carboxylic acids is 1. The molecule has 3 atom stereocenters. The van der Waals surface area contributed by atoms with Gasteiger partial charge in [-0.15, -0.1) is 0 Å². The second-order valence-corrected chi connectivity index (χ2v) is 14.0. The zero-order valence-corrected chi connectivity index (χ0v) is 23.7. The van der Waals surface area contributed by atoms with Crippen molar-refractivity contribution in [3.8, 4) is 11.8 Å². The van der Waals surface area contributed by atoms with Crippen LogP contribution in [0.15, 0.2) is 42.5 Å². The summed E-state index contributed by atoms with van der Waals surface area (Å²) in [4.78, 5) is 18.1. The topological polar surface area (TPSA) is 96.7 Å². The van der Waals surface area contributed by atoms with Gasteiger partial charge in [0.25, 0.3) is 0 Å². The van der Waals surface area contributed by atoms with Crippen LogP contribution >= 0.6 is 8.03 Å². The molecule has 0 saturated heterocycles. The van der Waals surface area contributed by atoms with E-state index in [1.165, 1.54) is 43.5 Å². The fourth-order valence-electron chi connectivity index (χ4n) is 7.74. The highest BCUT2D eigenvalue weighted by Crippen LogP contribution is 2.61. The summed E-state index contributed by atoms with van der Waals surface area (Å²) in [6.45, 7) is 3.57. The van der Waals surface area contributed by atoms with Crippen LogP contribution in [0.1, 0.15) is 69.3 Å². The van der Waals surface area contributed by atoms with E-state index in [1.807, 2.05) is 6.07 Å². The number of nitrogens with zero attached hydrogens (tertiary/aromatic N) is 1. The molecule has 0 aliphatic heterocycles. The van der Waals surface area contributed by atoms with Gasteiger partial charge in [0.15, 0.2) is 0 Å². The van der Waals surface area contributed by atoms with E-state index in [0.29, 0.717) is 23.3 Å². The minimum Gasteiger partial charge on any atom is -0.480 e. The summed E-state index contributed by atoms with van der Waals surface area (Å²) in [6, 6.07) is 10.8. The van der Waals surface area contributed by atoms with Crippen molar-refractivity contribution >= 4 is 14.0 Å². The number of carboxylic acid groups (broad SMARTS) is 1. The first-order chi connectivity index (χ1) is 18.5. The molecule has 0 radical (unpaired) electrons. The largest absolute Gasteiger partial charge is 0.480 e. The molecule has 39 heavy (non-hydrogen) atoms. The first kappa shape index (κ1) is 28.0. The predicted molar refractivity (Wildman–Crippen MR) is 147 cm³/mol. The number of benzene rings is 1. The van der Waals surface area contributed by atoms with E-state index in [-0.39, 0.29) is 23.4 Å². The molecule has 2 aromatic rings. The Morgan fingerprint density at radius 1 is 1.13 bits per heavy atom. The first-order valence-electron chi connectivity index (χ1n) is 13.8. The monoisotopic (exact) mass is 553 g/mol. The minimum absolute atomic E-state index is 0.0935. The van der Waals surface area contributed by atoms with Crippen molar-refractivity contribution in [2.24, 2.45) is 23.7 Å². The van der Waals surface area contributed by atoms with Crippen LogP contribution in [0.4, 0.5) is 4.39 Å². The third kappa shape index (κ3) is 4.86. The van der Waals surface area contributed by atoms with E-state index >= 15 is 0 Å². The summed E-state index contributed by atoms with van der Waals surface area (Å²) in [5.74, 6) is 5.28. The van der Waals surface area contributed by atoms with E-state index < -0.39 is 30.6 Å². The van der Waals surface area contributed by atoms with Gasteiger partial charge in [-0.05, 0) is 86.1 Å². The summed E-state index contributed by atoms with van der Waals surface area (Å²) < 4.78 is 32.5. The maximum atomic E-state index is 13.8. The molecule has 0 amide bonds. The average molecular weight is 554 g/mol. The molecular weight excluding hydrogens is 516 g/mol. The van der Waals surface area contributed by atoms with Gasteiger partial charge in [-0.3, -0.25) is 9.55 Å². The normalized spacial score (nSPS) is 29.2. The maximum Gasteiger partial charge on any atom is 0.335 e. The SMILES string of the molecule is CO[PH](=O)C(C#CC(C)C)(C(=O)O)C(O)(Cc1ccc(F)cc1)c1cccc(C23CC4CC(CC(C4)C2)C3)n1. The summed E-state index contributed by atoms with van der Waals surface area (Å²) in [5, 5.41) is 20.8. The van der Waals surface area contributed by atoms with Crippen molar-refractivity contribution in [2.75, 3.05) is 7.11 Å². The van der Waals surface area contributed by atoms with Gasteiger partial charge >= 0.3 is 5.97 Å². The van der Waals surface area contributed by atoms with Crippen LogP contribution in [0.3, 0.4) is 0 Å². The van der Waals surface area contributed by atoms with Crippen molar-refractivity contribution in [1.82, 2.24) is 4.98 Å². The van der Waals surface area contributed by atoms with Crippen molar-refractivity contribution < 1.29 is 28.5 Å². The van der Waals surface area contributed by atoms with Gasteiger partial charge in [0, 0.05) is 30.6 Å². The molecule has 2 N–H and O–H groups in total. The average Bonchev–Trinajstić information content (AvgIpc) is 2.89. The van der Waals surface area contributed by atoms with Gasteiger partial charge < -0.3 is 14.7 Å². The van der Waals surface area contributed by atoms with Gasteiger partial charge in [0.2, 0.25) is 13.2 Å². The Morgan fingerprint density at radius 3 is 2.23 bits per heavy atom. The molecule has 4 aliphatic rings. The minimum atomic E-state index is -3.50. The molecule has 0 spiro atoms. The zero-order valence-electron chi connectivity index (χ0n) is 22.7. The molecule has 1 aromatic heterocycles. The van der Waals surface area contributed by atoms with Crippen molar-refractivity contribution in [2.45, 2.75) is 75.0 Å². The Labute approximate surface area is 230 Å². The molecule has 8 heteroatoms. The van der Waals surface area contributed by atoms with Crippen LogP contribution < -0.4 is 0 Å². The van der Waals surface area contributed by atoms with Crippen LogP contribution in [-0.4, -0.2) is 33.4 Å². The van der Waals surface area contributed by atoms with Crippen LogP contribution in [0.25, 0.3) is 0 Å². The fraction of sp³-hybridized carbons (Fsp3) is 0.548. The number of rotatable bonds is 8. The smallest absolute Gasteiger partial charge is 0.335 e. The molecule has 3 unspecified atom stereocenters. The lowest BCUT2D eigenvalue weighted by Crippen LogP contribution is -2.56. The maximum absolute atomic E-state index is 13.8. The summed E-state index contributed by atoms with van der Waals surface area (Å²) in [6.07, 6.45) is 6.61. The summed E-state index contributed by atoms with van der Waals surface area (Å²) in [7, 11) is -2.34. The summed E-state index contributed by atoms with van der Waals surface area (Å²) in [5.41, 5.74) is -1.03. The van der Waals surface area contributed by atoms with E-state index in [0.717, 1.165) is 32.1 Å². The molecule has 4 bridgehead atoms. The van der Waals surface area contributed by atoms with E-state index in [2.05, 4.69) is 11.8 Å². The van der Waals surface area contributed by atoms with Crippen molar-refractivity contribution in [3.05, 3.63) is 65.2 Å². The van der Waals surface area contributed by atoms with Gasteiger partial charge in [-0.25, -0.2) is 9.18 Å². The van der Waals surface area contributed by atoms with Crippen LogP contribution in [-0.2, 0) is 31.3 Å². The number of hydrogen-bond acceptors (Lipinski definition) is 5. The number of aliphatic hydroxyl groups is 1. The Bertz CT molecular complexity index is 1300. The molecular formula is C31H37FNO5P. The van der Waals surface area contributed by atoms with Crippen molar-refractivity contribution in [3.63, 3.8) is 0 Å². The molecule has 1 heterocycles. The third-order valence-electron chi connectivity index (χ3n) is 9.11. The lowest BCUT2D eigenvalue weighted by atomic mass is 9.49. The number of aromatic nitrogens is 1. The molecule has 6 nitrogen and oxygen atoms in total. The Hall–Kier alpha value is -2.52. The molecule has 1 aromatic carbocycles. The highest BCUT2D eigenvalue weighted by molar-refractivity contribution is 7.43. The summed E-state index contributed by atoms with van der Waals surface area (Å²) >= 11 is 0. The molecule has 6 rings (SSSR count). The quantitative estimate of drug-likeness (QED) is 0.321. The van der Waals surface area contributed by atoms with E-state index in [9.17, 15) is 24.0 Å². The number of halogens is 1. The third-order valence-corrected chi connectivity index (χ3v) is 10.8. The second-order valence-electron chi connectivity index (χ2n) is 12.2. The standard InChI is InChI=1S/C31H37FNO5P/c1-20(2)11-12-31(28(34)35,39(37)38-3)30(36,19-21-7-9-25(32)10-8-21)27-6-4-5-26(33-27)29-16-22-13-23(17-29)15-24(14-22)18-29/h4-10,20,22-24,36,39H,13-19H2,1-3H3,(H,34,35). The Balaban J connectivity index is 1.70. The number of pyridine rings is 1. The zero-order chi connectivity index (χ0) is 28.0. The first-order valence-corrected chi connectivity index (χ1v) is 15.1. The predicted octanol–water partition coefficient (Wildman–Crippen LogP) is 5.72. The van der Waals surface area contributed by atoms with Crippen molar-refractivity contribution in [1.29, 1.82) is 0 Å². The number of aliphatic carboxylic acids is 1. The molecule has 208 valence electrons. The van der Waals surface area contributed by atoms with Crippen LogP contribution in [0, 0.1) is 41.3 Å². The Kier molecular flexibility index (Phi) is 7.52. The molecule has 4 saturated carbocycles. The fourth-order valence-corrected chi connectivity index (χ4v) is 8.95. The lowest BCUT2D eigenvalue weighted by Gasteiger charge is -2.56. The van der Waals surface area contributed by atoms with Crippen LogP contribution in [0.5, 0.6) is 0 Å².